The van der Waals surface area contributed by atoms with Gasteiger partial charge in [-0.05, 0) is 17.7 Å². The minimum atomic E-state index is -1.11. The number of rotatable bonds is 8. The molecule has 160 valence electrons. The summed E-state index contributed by atoms with van der Waals surface area (Å²) in [5.41, 5.74) is 7.00. The molecule has 0 spiro atoms. The van der Waals surface area contributed by atoms with Crippen LogP contribution in [0.5, 0.6) is 0 Å². The van der Waals surface area contributed by atoms with E-state index in [-0.39, 0.29) is 12.1 Å². The highest BCUT2D eigenvalue weighted by molar-refractivity contribution is 6.38. The van der Waals surface area contributed by atoms with Gasteiger partial charge in [0, 0.05) is 18.7 Å². The number of hydrogen-bond acceptors (Lipinski definition) is 5. The lowest BCUT2D eigenvalue weighted by Crippen LogP contribution is -2.47. The number of nitrogens with two attached hydrogens (primary N) is 1. The van der Waals surface area contributed by atoms with Crippen LogP contribution in [-0.4, -0.2) is 43.0 Å². The van der Waals surface area contributed by atoms with Gasteiger partial charge < -0.3 is 11.1 Å². The number of benzene rings is 2. The number of para-hydroxylation sites is 1. The van der Waals surface area contributed by atoms with Gasteiger partial charge in [-0.3, -0.25) is 19.0 Å². The van der Waals surface area contributed by atoms with Crippen LogP contribution in [0.15, 0.2) is 85.5 Å². The fraction of sp³-hybridized carbons (Fsp3) is 0.0870. The number of nitrogens with one attached hydrogen (secondary N) is 1. The molecular formula is C23H20N6O3. The summed E-state index contributed by atoms with van der Waals surface area (Å²) in [7, 11) is 0. The molecule has 9 nitrogen and oxygen atoms in total. The summed E-state index contributed by atoms with van der Waals surface area (Å²) in [5, 5.41) is 7.11. The highest BCUT2D eigenvalue weighted by atomic mass is 16.2. The predicted molar refractivity (Wildman–Crippen MR) is 116 cm³/mol. The lowest BCUT2D eigenvalue weighted by molar-refractivity contribution is -0.137. The lowest BCUT2D eigenvalue weighted by atomic mass is 10.0. The van der Waals surface area contributed by atoms with E-state index < -0.39 is 23.6 Å². The fourth-order valence-corrected chi connectivity index (χ4v) is 3.28. The average molecular weight is 428 g/mol. The van der Waals surface area contributed by atoms with Crippen LogP contribution in [0.3, 0.4) is 0 Å². The molecule has 1 unspecified atom stereocenters. The molecule has 32 heavy (non-hydrogen) atoms. The van der Waals surface area contributed by atoms with Gasteiger partial charge in [-0.2, -0.15) is 0 Å². The summed E-state index contributed by atoms with van der Waals surface area (Å²) in [5.74, 6) is -2.09. The van der Waals surface area contributed by atoms with Crippen molar-refractivity contribution in [3.8, 4) is 11.5 Å². The normalized spacial score (nSPS) is 11.6. The number of carbonyl (C=O) groups is 3. The molecule has 2 aromatic heterocycles. The second-order valence-corrected chi connectivity index (χ2v) is 7.05. The predicted octanol–water partition coefficient (Wildman–Crippen LogP) is 1.45. The lowest BCUT2D eigenvalue weighted by Gasteiger charge is -2.16. The van der Waals surface area contributed by atoms with E-state index in [9.17, 15) is 14.4 Å². The van der Waals surface area contributed by atoms with Crippen molar-refractivity contribution in [3.05, 3.63) is 96.7 Å². The van der Waals surface area contributed by atoms with E-state index in [0.717, 1.165) is 11.3 Å². The maximum atomic E-state index is 13.0. The number of ketones is 1. The number of nitrogens with zero attached hydrogens (tertiary/aromatic N) is 4. The van der Waals surface area contributed by atoms with Crippen LogP contribution in [0.1, 0.15) is 16.1 Å². The smallest absolute Gasteiger partial charge is 0.287 e. The Morgan fingerprint density at radius 2 is 1.66 bits per heavy atom. The van der Waals surface area contributed by atoms with Crippen LogP contribution in [0.2, 0.25) is 0 Å². The number of aromatic nitrogens is 4. The van der Waals surface area contributed by atoms with Crippen molar-refractivity contribution in [2.45, 2.75) is 12.5 Å². The van der Waals surface area contributed by atoms with E-state index >= 15 is 0 Å². The molecule has 0 saturated heterocycles. The van der Waals surface area contributed by atoms with Gasteiger partial charge in [-0.15, -0.1) is 5.10 Å². The van der Waals surface area contributed by atoms with Crippen LogP contribution in [-0.2, 0) is 16.0 Å². The van der Waals surface area contributed by atoms with E-state index in [0.29, 0.717) is 5.82 Å². The topological polar surface area (TPSA) is 125 Å². The zero-order valence-corrected chi connectivity index (χ0v) is 17.0. The SMILES string of the molecule is NC(=O)C(=O)C(Cc1ccccc1)NC(=O)c1cncn1-c1ccn(-c2ccccc2)n1. The standard InChI is InChI=1S/C23H20N6O3/c24-22(31)21(30)18(13-16-7-3-1-4-8-16)26-23(32)19-14-25-15-28(19)20-11-12-29(27-20)17-9-5-2-6-10-17/h1-12,14-15,18H,13H2,(H2,24,31)(H,26,32). The van der Waals surface area contributed by atoms with Crippen molar-refractivity contribution in [2.24, 2.45) is 5.73 Å². The van der Waals surface area contributed by atoms with Crippen LogP contribution < -0.4 is 11.1 Å². The highest BCUT2D eigenvalue weighted by Gasteiger charge is 2.27. The Balaban J connectivity index is 1.57. The van der Waals surface area contributed by atoms with Crippen LogP contribution in [0, 0.1) is 0 Å². The zero-order valence-electron chi connectivity index (χ0n) is 17.0. The van der Waals surface area contributed by atoms with E-state index in [1.54, 1.807) is 41.2 Å². The second kappa shape index (κ2) is 9.09. The molecule has 0 saturated carbocycles. The van der Waals surface area contributed by atoms with Gasteiger partial charge in [-0.25, -0.2) is 9.67 Å². The van der Waals surface area contributed by atoms with Gasteiger partial charge >= 0.3 is 0 Å². The highest BCUT2D eigenvalue weighted by Crippen LogP contribution is 2.13. The molecule has 0 aliphatic rings. The van der Waals surface area contributed by atoms with Crippen molar-refractivity contribution < 1.29 is 14.4 Å². The third-order valence-electron chi connectivity index (χ3n) is 4.86. The van der Waals surface area contributed by atoms with E-state index in [4.69, 9.17) is 5.73 Å². The minimum absolute atomic E-state index is 0.130. The van der Waals surface area contributed by atoms with Crippen molar-refractivity contribution in [1.82, 2.24) is 24.6 Å². The van der Waals surface area contributed by atoms with Crippen LogP contribution in [0.4, 0.5) is 0 Å². The number of amides is 2. The maximum absolute atomic E-state index is 13.0. The van der Waals surface area contributed by atoms with E-state index in [2.05, 4.69) is 15.4 Å². The molecule has 9 heteroatoms. The first-order valence-electron chi connectivity index (χ1n) is 9.85. The summed E-state index contributed by atoms with van der Waals surface area (Å²) >= 11 is 0. The molecule has 0 radical (unpaired) electrons. The first-order chi connectivity index (χ1) is 15.5. The Bertz CT molecular complexity index is 1250. The summed E-state index contributed by atoms with van der Waals surface area (Å²) in [4.78, 5) is 40.9. The van der Waals surface area contributed by atoms with Gasteiger partial charge in [-0.1, -0.05) is 48.5 Å². The van der Waals surface area contributed by atoms with Gasteiger partial charge in [0.25, 0.3) is 11.8 Å². The average Bonchev–Trinajstić information content (AvgIpc) is 3.49. The maximum Gasteiger partial charge on any atom is 0.287 e. The molecule has 0 aliphatic carbocycles. The molecule has 1 atom stereocenters. The number of hydrogen-bond donors (Lipinski definition) is 2. The van der Waals surface area contributed by atoms with E-state index in [1.807, 2.05) is 36.4 Å². The first-order valence-corrected chi connectivity index (χ1v) is 9.85. The zero-order chi connectivity index (χ0) is 22.5. The molecule has 0 bridgehead atoms. The number of carbonyl (C=O) groups excluding carboxylic acids is 3. The van der Waals surface area contributed by atoms with Crippen molar-refractivity contribution >= 4 is 17.6 Å². The third kappa shape index (κ3) is 4.46. The summed E-state index contributed by atoms with van der Waals surface area (Å²) in [6, 6.07) is 19.2. The minimum Gasteiger partial charge on any atom is -0.363 e. The summed E-state index contributed by atoms with van der Waals surface area (Å²) < 4.78 is 3.18. The molecule has 3 N–H and O–H groups in total. The number of Topliss-reactive ketones (excluding diaryl/α,β-unsaturated/α-hetero) is 1. The fourth-order valence-electron chi connectivity index (χ4n) is 3.28. The molecule has 4 aromatic rings. The van der Waals surface area contributed by atoms with Crippen LogP contribution in [0.25, 0.3) is 11.5 Å². The van der Waals surface area contributed by atoms with Crippen LogP contribution >= 0.6 is 0 Å². The Morgan fingerprint density at radius 1 is 0.969 bits per heavy atom. The van der Waals surface area contributed by atoms with Gasteiger partial charge in [0.2, 0.25) is 5.78 Å². The van der Waals surface area contributed by atoms with Crippen molar-refractivity contribution in [3.63, 3.8) is 0 Å². The van der Waals surface area contributed by atoms with Gasteiger partial charge in [0.05, 0.1) is 11.9 Å². The Labute approximate surface area is 183 Å². The molecular weight excluding hydrogens is 408 g/mol. The molecule has 0 aliphatic heterocycles. The first kappa shape index (κ1) is 20.7. The summed E-state index contributed by atoms with van der Waals surface area (Å²) in [6.45, 7) is 0. The van der Waals surface area contributed by atoms with Gasteiger partial charge in [0.15, 0.2) is 5.82 Å². The molecule has 2 heterocycles. The monoisotopic (exact) mass is 428 g/mol. The number of imidazole rings is 1. The second-order valence-electron chi connectivity index (χ2n) is 7.05. The molecule has 4 rings (SSSR count). The molecule has 2 amide bonds. The number of primary amides is 1. The van der Waals surface area contributed by atoms with E-state index in [1.165, 1.54) is 17.1 Å². The molecule has 0 fully saturated rings. The van der Waals surface area contributed by atoms with Crippen molar-refractivity contribution in [2.75, 3.05) is 0 Å². The third-order valence-corrected chi connectivity index (χ3v) is 4.86. The van der Waals surface area contributed by atoms with Gasteiger partial charge in [0.1, 0.15) is 18.1 Å². The quantitative estimate of drug-likeness (QED) is 0.411. The Hall–Kier alpha value is -4.53. The van der Waals surface area contributed by atoms with Crippen molar-refractivity contribution in [1.29, 1.82) is 0 Å². The molecule has 2 aromatic carbocycles. The largest absolute Gasteiger partial charge is 0.363 e. The Morgan fingerprint density at radius 3 is 2.34 bits per heavy atom. The summed E-state index contributed by atoms with van der Waals surface area (Å²) in [6.07, 6.45) is 4.71. The Kier molecular flexibility index (Phi) is 5.89.